The Bertz CT molecular complexity index is 636. The number of aromatic nitrogens is 1. The molecule has 2 heterocycles. The van der Waals surface area contributed by atoms with Crippen LogP contribution in [0.15, 0.2) is 23.4 Å². The Morgan fingerprint density at radius 1 is 1.33 bits per heavy atom. The zero-order chi connectivity index (χ0) is 15.0. The fraction of sp³-hybridized carbons (Fsp3) is 0.538. The topological polar surface area (TPSA) is 88.6 Å². The summed E-state index contributed by atoms with van der Waals surface area (Å²) in [5.74, 6) is -0.105. The molecule has 114 valence electrons. The molecule has 0 spiro atoms. The first-order chi connectivity index (χ1) is 10.0. The Labute approximate surface area is 123 Å². The predicted octanol–water partition coefficient (Wildman–Crippen LogP) is -0.00690. The SMILES string of the molecule is CNS(=O)(=O)c1ccc(C(=O)N(C2CC2)C2COC2)cn1. The normalized spacial score (nSPS) is 19.1. The molecule has 1 saturated heterocycles. The Morgan fingerprint density at radius 2 is 2.05 bits per heavy atom. The lowest BCUT2D eigenvalue weighted by Crippen LogP contribution is -2.52. The maximum Gasteiger partial charge on any atom is 0.257 e. The quantitative estimate of drug-likeness (QED) is 0.826. The lowest BCUT2D eigenvalue weighted by molar-refractivity contribution is -0.0566. The summed E-state index contributed by atoms with van der Waals surface area (Å²) in [5, 5.41) is -0.0912. The van der Waals surface area contributed by atoms with Crippen LogP contribution in [-0.4, -0.2) is 56.6 Å². The highest BCUT2D eigenvalue weighted by Gasteiger charge is 2.40. The van der Waals surface area contributed by atoms with Gasteiger partial charge in [-0.3, -0.25) is 4.79 Å². The zero-order valence-electron chi connectivity index (χ0n) is 11.7. The number of sulfonamides is 1. The van der Waals surface area contributed by atoms with Crippen molar-refractivity contribution in [2.45, 2.75) is 30.0 Å². The van der Waals surface area contributed by atoms with Crippen molar-refractivity contribution in [3.8, 4) is 0 Å². The Balaban J connectivity index is 1.81. The first-order valence-electron chi connectivity index (χ1n) is 6.83. The van der Waals surface area contributed by atoms with Gasteiger partial charge >= 0.3 is 0 Å². The van der Waals surface area contributed by atoms with Gasteiger partial charge in [0.15, 0.2) is 5.03 Å². The first kappa shape index (κ1) is 14.4. The highest BCUT2D eigenvalue weighted by atomic mass is 32.2. The van der Waals surface area contributed by atoms with E-state index in [1.165, 1.54) is 25.4 Å². The number of nitrogens with one attached hydrogen (secondary N) is 1. The van der Waals surface area contributed by atoms with Gasteiger partial charge in [-0.15, -0.1) is 0 Å². The summed E-state index contributed by atoms with van der Waals surface area (Å²) in [6.07, 6.45) is 3.35. The maximum atomic E-state index is 12.6. The Kier molecular flexibility index (Phi) is 3.68. The van der Waals surface area contributed by atoms with Crippen molar-refractivity contribution < 1.29 is 17.9 Å². The van der Waals surface area contributed by atoms with Crippen LogP contribution in [0.2, 0.25) is 0 Å². The van der Waals surface area contributed by atoms with Crippen LogP contribution in [-0.2, 0) is 14.8 Å². The average Bonchev–Trinajstić information content (AvgIpc) is 3.26. The average molecular weight is 311 g/mol. The van der Waals surface area contributed by atoms with Crippen molar-refractivity contribution in [3.63, 3.8) is 0 Å². The van der Waals surface area contributed by atoms with Crippen molar-refractivity contribution >= 4 is 15.9 Å². The van der Waals surface area contributed by atoms with E-state index >= 15 is 0 Å². The number of ether oxygens (including phenoxy) is 1. The minimum Gasteiger partial charge on any atom is -0.377 e. The summed E-state index contributed by atoms with van der Waals surface area (Å²) in [5.41, 5.74) is 0.406. The highest BCUT2D eigenvalue weighted by molar-refractivity contribution is 7.89. The first-order valence-corrected chi connectivity index (χ1v) is 8.31. The summed E-state index contributed by atoms with van der Waals surface area (Å²) < 4.78 is 30.6. The number of nitrogens with zero attached hydrogens (tertiary/aromatic N) is 2. The molecule has 0 atom stereocenters. The summed E-state index contributed by atoms with van der Waals surface area (Å²) in [4.78, 5) is 18.3. The van der Waals surface area contributed by atoms with E-state index in [0.29, 0.717) is 18.8 Å². The van der Waals surface area contributed by atoms with Gasteiger partial charge in [-0.05, 0) is 32.0 Å². The van der Waals surface area contributed by atoms with Crippen LogP contribution in [0, 0.1) is 0 Å². The second-order valence-electron chi connectivity index (χ2n) is 5.23. The van der Waals surface area contributed by atoms with Crippen LogP contribution >= 0.6 is 0 Å². The Hall–Kier alpha value is -1.51. The third-order valence-electron chi connectivity index (χ3n) is 3.72. The van der Waals surface area contributed by atoms with Gasteiger partial charge in [0.1, 0.15) is 0 Å². The summed E-state index contributed by atoms with van der Waals surface area (Å²) in [6.45, 7) is 1.14. The van der Waals surface area contributed by atoms with Crippen LogP contribution < -0.4 is 4.72 Å². The molecule has 0 radical (unpaired) electrons. The number of carbonyl (C=O) groups is 1. The van der Waals surface area contributed by atoms with Crippen LogP contribution in [0.5, 0.6) is 0 Å². The number of hydrogen-bond donors (Lipinski definition) is 1. The highest BCUT2D eigenvalue weighted by Crippen LogP contribution is 2.32. The third-order valence-corrected chi connectivity index (χ3v) is 5.05. The van der Waals surface area contributed by atoms with E-state index in [1.54, 1.807) is 0 Å². The lowest BCUT2D eigenvalue weighted by atomic mass is 10.1. The third kappa shape index (κ3) is 2.78. The molecule has 1 aromatic rings. The van der Waals surface area contributed by atoms with Crippen molar-refractivity contribution in [2.75, 3.05) is 20.3 Å². The molecule has 0 aromatic carbocycles. The van der Waals surface area contributed by atoms with E-state index in [0.717, 1.165) is 12.8 Å². The molecular formula is C13H17N3O4S. The van der Waals surface area contributed by atoms with E-state index in [4.69, 9.17) is 4.74 Å². The number of hydrogen-bond acceptors (Lipinski definition) is 5. The van der Waals surface area contributed by atoms with Gasteiger partial charge in [0.2, 0.25) is 0 Å². The monoisotopic (exact) mass is 311 g/mol. The van der Waals surface area contributed by atoms with Gasteiger partial charge in [-0.1, -0.05) is 0 Å². The minimum absolute atomic E-state index is 0.0912. The molecule has 0 unspecified atom stereocenters. The molecule has 1 amide bonds. The molecule has 1 aromatic heterocycles. The molecule has 21 heavy (non-hydrogen) atoms. The van der Waals surface area contributed by atoms with Crippen LogP contribution in [0.25, 0.3) is 0 Å². The molecule has 1 saturated carbocycles. The Morgan fingerprint density at radius 3 is 2.48 bits per heavy atom. The van der Waals surface area contributed by atoms with Crippen LogP contribution in [0.1, 0.15) is 23.2 Å². The van der Waals surface area contributed by atoms with Crippen molar-refractivity contribution in [1.82, 2.24) is 14.6 Å². The summed E-state index contributed by atoms with van der Waals surface area (Å²) in [7, 11) is -2.26. The van der Waals surface area contributed by atoms with Crippen molar-refractivity contribution in [3.05, 3.63) is 23.9 Å². The zero-order valence-corrected chi connectivity index (χ0v) is 12.5. The second kappa shape index (κ2) is 5.36. The van der Waals surface area contributed by atoms with Gasteiger partial charge in [-0.25, -0.2) is 18.1 Å². The molecule has 3 rings (SSSR count). The number of carbonyl (C=O) groups excluding carboxylic acids is 1. The van der Waals surface area contributed by atoms with Gasteiger partial charge in [0.05, 0.1) is 24.8 Å². The van der Waals surface area contributed by atoms with E-state index in [-0.39, 0.29) is 23.0 Å². The second-order valence-corrected chi connectivity index (χ2v) is 7.06. The molecular weight excluding hydrogens is 294 g/mol. The molecule has 1 aliphatic carbocycles. The van der Waals surface area contributed by atoms with Gasteiger partial charge in [0.25, 0.3) is 15.9 Å². The van der Waals surface area contributed by atoms with Gasteiger partial charge in [-0.2, -0.15) is 0 Å². The molecule has 1 aliphatic heterocycles. The van der Waals surface area contributed by atoms with E-state index in [1.807, 2.05) is 4.90 Å². The van der Waals surface area contributed by atoms with Crippen molar-refractivity contribution in [1.29, 1.82) is 0 Å². The maximum absolute atomic E-state index is 12.6. The molecule has 7 nitrogen and oxygen atoms in total. The largest absolute Gasteiger partial charge is 0.377 e. The number of pyridine rings is 1. The summed E-state index contributed by atoms with van der Waals surface area (Å²) >= 11 is 0. The fourth-order valence-electron chi connectivity index (χ4n) is 2.29. The predicted molar refractivity (Wildman–Crippen MR) is 74.3 cm³/mol. The number of amides is 1. The van der Waals surface area contributed by atoms with Gasteiger partial charge < -0.3 is 9.64 Å². The smallest absolute Gasteiger partial charge is 0.257 e. The molecule has 2 aliphatic rings. The lowest BCUT2D eigenvalue weighted by Gasteiger charge is -2.37. The molecule has 8 heteroatoms. The summed E-state index contributed by atoms with van der Waals surface area (Å²) in [6, 6.07) is 3.27. The van der Waals surface area contributed by atoms with Crippen molar-refractivity contribution in [2.24, 2.45) is 0 Å². The molecule has 2 fully saturated rings. The van der Waals surface area contributed by atoms with Gasteiger partial charge in [0, 0.05) is 12.2 Å². The number of rotatable bonds is 5. The fourth-order valence-corrected chi connectivity index (χ4v) is 2.93. The minimum atomic E-state index is -3.58. The van der Waals surface area contributed by atoms with Crippen LogP contribution in [0.4, 0.5) is 0 Å². The van der Waals surface area contributed by atoms with E-state index < -0.39 is 10.0 Å². The van der Waals surface area contributed by atoms with Crippen LogP contribution in [0.3, 0.4) is 0 Å². The van der Waals surface area contributed by atoms with E-state index in [2.05, 4.69) is 9.71 Å². The standard InChI is InChI=1S/C13H17N3O4S/c1-14-21(18,19)12-5-2-9(6-15-12)13(17)16(10-3-4-10)11-7-20-8-11/h2,5-6,10-11,14H,3-4,7-8H2,1H3. The molecule has 1 N–H and O–H groups in total. The van der Waals surface area contributed by atoms with E-state index in [9.17, 15) is 13.2 Å². The molecule has 0 bridgehead atoms.